The Bertz CT molecular complexity index is 1380. The molecule has 30 heavy (non-hydrogen) atoms. The average Bonchev–Trinajstić information content (AvgIpc) is 3.19. The zero-order chi connectivity index (χ0) is 20.5. The minimum Gasteiger partial charge on any atom is -0.497 e. The number of fused-ring (bicyclic) bond motifs is 3. The predicted octanol–water partition coefficient (Wildman–Crippen LogP) is 5.83. The van der Waals surface area contributed by atoms with Gasteiger partial charge in [-0.15, -0.1) is 0 Å². The van der Waals surface area contributed by atoms with Crippen molar-refractivity contribution in [2.75, 3.05) is 12.4 Å². The highest BCUT2D eigenvalue weighted by Gasteiger charge is 2.22. The molecule has 0 aliphatic carbocycles. The maximum Gasteiger partial charge on any atom is 0.348 e. The standard InChI is InChI=1S/C25H19NO4/c1-28-18-13-11-17(12-14-18)21-22-23(19-9-5-6-10-20(19)29-25(22)27)30-24(21)26-15-16-7-3-2-4-8-16/h2-14,26H,15H2,1H3. The number of methoxy groups -OCH3 is 1. The number of hydrogen-bond donors (Lipinski definition) is 1. The first-order valence-electron chi connectivity index (χ1n) is 9.65. The first-order chi connectivity index (χ1) is 14.7. The van der Waals surface area contributed by atoms with Gasteiger partial charge in [0.25, 0.3) is 0 Å². The normalized spacial score (nSPS) is 11.1. The van der Waals surface area contributed by atoms with E-state index >= 15 is 0 Å². The highest BCUT2D eigenvalue weighted by atomic mass is 16.5. The highest BCUT2D eigenvalue weighted by Crippen LogP contribution is 2.40. The Hall–Kier alpha value is -3.99. The number of hydrogen-bond acceptors (Lipinski definition) is 5. The molecular formula is C25H19NO4. The topological polar surface area (TPSA) is 64.6 Å². The molecule has 148 valence electrons. The number of rotatable bonds is 5. The summed E-state index contributed by atoms with van der Waals surface area (Å²) in [4.78, 5) is 12.9. The molecule has 0 aliphatic rings. The van der Waals surface area contributed by atoms with E-state index in [4.69, 9.17) is 13.6 Å². The van der Waals surface area contributed by atoms with Crippen molar-refractivity contribution in [2.45, 2.75) is 6.54 Å². The third-order valence-corrected chi connectivity index (χ3v) is 5.12. The number of ether oxygens (including phenoxy) is 1. The van der Waals surface area contributed by atoms with Gasteiger partial charge in [0.1, 0.15) is 16.7 Å². The van der Waals surface area contributed by atoms with Crippen molar-refractivity contribution in [3.8, 4) is 16.9 Å². The number of para-hydroxylation sites is 1. The Morgan fingerprint density at radius 1 is 0.867 bits per heavy atom. The lowest BCUT2D eigenvalue weighted by Gasteiger charge is -2.07. The van der Waals surface area contributed by atoms with Crippen molar-refractivity contribution in [3.63, 3.8) is 0 Å². The van der Waals surface area contributed by atoms with Crippen LogP contribution in [0.3, 0.4) is 0 Å². The summed E-state index contributed by atoms with van der Waals surface area (Å²) in [6, 6.07) is 24.9. The predicted molar refractivity (Wildman–Crippen MR) is 118 cm³/mol. The minimum absolute atomic E-state index is 0.425. The summed E-state index contributed by atoms with van der Waals surface area (Å²) in [6.45, 7) is 0.563. The van der Waals surface area contributed by atoms with E-state index in [0.717, 1.165) is 22.3 Å². The van der Waals surface area contributed by atoms with Crippen molar-refractivity contribution in [3.05, 3.63) is 94.8 Å². The van der Waals surface area contributed by atoms with E-state index in [1.165, 1.54) is 0 Å². The van der Waals surface area contributed by atoms with Crippen molar-refractivity contribution in [1.82, 2.24) is 0 Å². The maximum absolute atomic E-state index is 12.9. The quantitative estimate of drug-likeness (QED) is 0.378. The molecule has 0 aliphatic heterocycles. The van der Waals surface area contributed by atoms with Gasteiger partial charge in [-0.25, -0.2) is 4.79 Å². The molecule has 5 rings (SSSR count). The first kappa shape index (κ1) is 18.1. The van der Waals surface area contributed by atoms with Gasteiger partial charge >= 0.3 is 5.63 Å². The van der Waals surface area contributed by atoms with Crippen LogP contribution in [0.5, 0.6) is 5.75 Å². The van der Waals surface area contributed by atoms with E-state index in [2.05, 4.69) is 5.32 Å². The molecule has 0 saturated heterocycles. The zero-order valence-corrected chi connectivity index (χ0v) is 16.3. The summed E-state index contributed by atoms with van der Waals surface area (Å²) in [5.74, 6) is 1.27. The van der Waals surface area contributed by atoms with Gasteiger partial charge in [-0.2, -0.15) is 0 Å². The molecule has 0 saturated carbocycles. The highest BCUT2D eigenvalue weighted by molar-refractivity contribution is 6.09. The van der Waals surface area contributed by atoms with Crippen LogP contribution < -0.4 is 15.7 Å². The molecule has 5 heteroatoms. The molecule has 0 fully saturated rings. The van der Waals surface area contributed by atoms with Gasteiger partial charge in [0.05, 0.1) is 18.1 Å². The lowest BCUT2D eigenvalue weighted by atomic mass is 10.0. The summed E-state index contributed by atoms with van der Waals surface area (Å²) in [6.07, 6.45) is 0. The van der Waals surface area contributed by atoms with Crippen LogP contribution >= 0.6 is 0 Å². The molecule has 5 nitrogen and oxygen atoms in total. The molecule has 1 N–H and O–H groups in total. The van der Waals surface area contributed by atoms with E-state index in [1.807, 2.05) is 72.8 Å². The van der Waals surface area contributed by atoms with Crippen LogP contribution in [-0.4, -0.2) is 7.11 Å². The Balaban J connectivity index is 1.72. The monoisotopic (exact) mass is 397 g/mol. The molecule has 0 bridgehead atoms. The number of furan rings is 1. The molecular weight excluding hydrogens is 378 g/mol. The number of benzene rings is 3. The van der Waals surface area contributed by atoms with Gasteiger partial charge < -0.3 is 18.9 Å². The molecule has 0 atom stereocenters. The molecule has 0 unspecified atom stereocenters. The Morgan fingerprint density at radius 2 is 1.60 bits per heavy atom. The third kappa shape index (κ3) is 3.10. The molecule has 3 aromatic carbocycles. The van der Waals surface area contributed by atoms with Gasteiger partial charge in [-0.1, -0.05) is 54.6 Å². The molecule has 5 aromatic rings. The van der Waals surface area contributed by atoms with Crippen LogP contribution in [0, 0.1) is 0 Å². The van der Waals surface area contributed by atoms with E-state index in [0.29, 0.717) is 34.5 Å². The second-order valence-electron chi connectivity index (χ2n) is 6.96. The van der Waals surface area contributed by atoms with Gasteiger partial charge in [-0.05, 0) is 35.4 Å². The largest absolute Gasteiger partial charge is 0.497 e. The van der Waals surface area contributed by atoms with Crippen LogP contribution in [0.4, 0.5) is 5.88 Å². The molecule has 0 spiro atoms. The fraction of sp³-hybridized carbons (Fsp3) is 0.0800. The Labute approximate surface area is 172 Å². The SMILES string of the molecule is COc1ccc(-c2c(NCc3ccccc3)oc3c2c(=O)oc2ccccc23)cc1. The lowest BCUT2D eigenvalue weighted by molar-refractivity contribution is 0.415. The first-order valence-corrected chi connectivity index (χ1v) is 9.65. The van der Waals surface area contributed by atoms with Gasteiger partial charge in [0.2, 0.25) is 5.88 Å². The summed E-state index contributed by atoms with van der Waals surface area (Å²) >= 11 is 0. The third-order valence-electron chi connectivity index (χ3n) is 5.12. The summed E-state index contributed by atoms with van der Waals surface area (Å²) in [5.41, 5.74) is 3.22. The fourth-order valence-corrected chi connectivity index (χ4v) is 3.65. The molecule has 2 aromatic heterocycles. The van der Waals surface area contributed by atoms with Crippen molar-refractivity contribution < 1.29 is 13.6 Å². The van der Waals surface area contributed by atoms with E-state index < -0.39 is 5.63 Å². The van der Waals surface area contributed by atoms with Crippen LogP contribution in [0.1, 0.15) is 5.56 Å². The van der Waals surface area contributed by atoms with Gasteiger partial charge in [-0.3, -0.25) is 0 Å². The summed E-state index contributed by atoms with van der Waals surface area (Å²) < 4.78 is 17.1. The second-order valence-corrected chi connectivity index (χ2v) is 6.96. The van der Waals surface area contributed by atoms with Crippen molar-refractivity contribution in [1.29, 1.82) is 0 Å². The summed E-state index contributed by atoms with van der Waals surface area (Å²) in [5, 5.41) is 4.54. The molecule has 0 radical (unpaired) electrons. The van der Waals surface area contributed by atoms with Crippen LogP contribution in [-0.2, 0) is 6.54 Å². The van der Waals surface area contributed by atoms with Crippen molar-refractivity contribution in [2.24, 2.45) is 0 Å². The Morgan fingerprint density at radius 3 is 2.37 bits per heavy atom. The Kier molecular flexibility index (Phi) is 4.48. The fourth-order valence-electron chi connectivity index (χ4n) is 3.65. The lowest BCUT2D eigenvalue weighted by Crippen LogP contribution is -2.01. The van der Waals surface area contributed by atoms with Gasteiger partial charge in [0.15, 0.2) is 5.58 Å². The van der Waals surface area contributed by atoms with Crippen molar-refractivity contribution >= 4 is 27.8 Å². The van der Waals surface area contributed by atoms with Crippen LogP contribution in [0.15, 0.2) is 92.5 Å². The smallest absolute Gasteiger partial charge is 0.348 e. The average molecular weight is 397 g/mol. The summed E-state index contributed by atoms with van der Waals surface area (Å²) in [7, 11) is 1.62. The van der Waals surface area contributed by atoms with E-state index in [-0.39, 0.29) is 0 Å². The second kappa shape index (κ2) is 7.44. The van der Waals surface area contributed by atoms with E-state index in [9.17, 15) is 4.79 Å². The number of anilines is 1. The van der Waals surface area contributed by atoms with Crippen LogP contribution in [0.2, 0.25) is 0 Å². The maximum atomic E-state index is 12.9. The molecule has 0 amide bonds. The van der Waals surface area contributed by atoms with Gasteiger partial charge in [0, 0.05) is 6.54 Å². The zero-order valence-electron chi connectivity index (χ0n) is 16.3. The molecule has 2 heterocycles. The van der Waals surface area contributed by atoms with Crippen LogP contribution in [0.25, 0.3) is 33.1 Å². The van der Waals surface area contributed by atoms with E-state index in [1.54, 1.807) is 13.2 Å². The number of nitrogens with one attached hydrogen (secondary N) is 1. The minimum atomic E-state index is -0.425.